The van der Waals surface area contributed by atoms with Crippen LogP contribution >= 0.6 is 0 Å². The Morgan fingerprint density at radius 1 is 1.10 bits per heavy atom. The zero-order valence-corrected chi connectivity index (χ0v) is 19.2. The molecule has 5 heteroatoms. The Labute approximate surface area is 181 Å². The monoisotopic (exact) mass is 414 g/mol. The number of hydrogen-bond acceptors (Lipinski definition) is 5. The van der Waals surface area contributed by atoms with E-state index in [-0.39, 0.29) is 16.7 Å². The van der Waals surface area contributed by atoms with Gasteiger partial charge < -0.3 is 9.74 Å². The average Bonchev–Trinajstić information content (AvgIpc) is 3.00. The maximum absolute atomic E-state index is 13.3. The van der Waals surface area contributed by atoms with Gasteiger partial charge in [-0.05, 0) is 81.9 Å². The summed E-state index contributed by atoms with van der Waals surface area (Å²) in [6, 6.07) is 0. The smallest absolute Gasteiger partial charge is 0.139 e. The Hall–Kier alpha value is -1.49. The molecule has 30 heavy (non-hydrogen) atoms. The first kappa shape index (κ1) is 21.7. The number of carbonyl (C=O) groups is 2. The van der Waals surface area contributed by atoms with Gasteiger partial charge in [-0.15, -0.1) is 0 Å². The van der Waals surface area contributed by atoms with Crippen molar-refractivity contribution in [2.24, 2.45) is 39.7 Å². The SMILES string of the molecule is CN(C)CCO/N=C/C=C1/CC[C@@]2(C)[C@H](C1)C(=O)C[C@@H]1[C@@H]2CC[C@]2(C)C(=O)CC[C@@H]12. The minimum atomic E-state index is -0.159. The number of rotatable bonds is 5. The largest absolute Gasteiger partial charge is 0.394 e. The van der Waals surface area contributed by atoms with E-state index in [1.54, 1.807) is 6.21 Å². The van der Waals surface area contributed by atoms with E-state index in [4.69, 9.17) is 4.84 Å². The lowest BCUT2D eigenvalue weighted by molar-refractivity contribution is -0.153. The normalized spacial score (nSPS) is 42.5. The van der Waals surface area contributed by atoms with Crippen LogP contribution < -0.4 is 0 Å². The van der Waals surface area contributed by atoms with Gasteiger partial charge in [0.2, 0.25) is 0 Å². The van der Waals surface area contributed by atoms with E-state index in [2.05, 4.69) is 30.0 Å². The summed E-state index contributed by atoms with van der Waals surface area (Å²) in [5.41, 5.74) is 1.25. The molecule has 0 radical (unpaired) electrons. The predicted molar refractivity (Wildman–Crippen MR) is 118 cm³/mol. The number of fused-ring (bicyclic) bond motifs is 5. The van der Waals surface area contributed by atoms with Crippen molar-refractivity contribution in [1.29, 1.82) is 0 Å². The summed E-state index contributed by atoms with van der Waals surface area (Å²) in [7, 11) is 4.02. The topological polar surface area (TPSA) is 59.0 Å². The number of oxime groups is 1. The van der Waals surface area contributed by atoms with E-state index in [9.17, 15) is 9.59 Å². The molecule has 4 aliphatic rings. The molecule has 4 saturated carbocycles. The molecule has 0 bridgehead atoms. The summed E-state index contributed by atoms with van der Waals surface area (Å²) in [6.07, 6.45) is 11.3. The molecule has 0 N–H and O–H groups in total. The molecular weight excluding hydrogens is 376 g/mol. The second-order valence-corrected chi connectivity index (χ2v) is 10.9. The van der Waals surface area contributed by atoms with Crippen molar-refractivity contribution in [1.82, 2.24) is 4.90 Å². The number of hydrogen-bond donors (Lipinski definition) is 0. The Morgan fingerprint density at radius 2 is 1.90 bits per heavy atom. The second kappa shape index (κ2) is 8.22. The molecule has 0 aromatic rings. The fraction of sp³-hybridized carbons (Fsp3) is 0.800. The third kappa shape index (κ3) is 3.68. The van der Waals surface area contributed by atoms with E-state index in [0.29, 0.717) is 42.3 Å². The summed E-state index contributed by atoms with van der Waals surface area (Å²) >= 11 is 0. The zero-order chi connectivity index (χ0) is 21.5. The van der Waals surface area contributed by atoms with Crippen LogP contribution in [0.5, 0.6) is 0 Å². The molecular formula is C25H38N2O3. The molecule has 6 atom stereocenters. The molecule has 4 aliphatic carbocycles. The number of nitrogens with zero attached hydrogens (tertiary/aromatic N) is 2. The van der Waals surface area contributed by atoms with E-state index in [1.165, 1.54) is 5.57 Å². The zero-order valence-electron chi connectivity index (χ0n) is 19.2. The standard InChI is InChI=1S/C25H38N2O3/c1-24-10-7-17(9-12-26-30-14-13-27(3)4)15-21(24)22(28)16-18-19-5-6-23(29)25(19,2)11-8-20(18)24/h9,12,18-21H,5-8,10-11,13-16H2,1-4H3/b17-9-,26-12+/t18-,19-,20-,21+,24+,25-/m0/s1. The van der Waals surface area contributed by atoms with Crippen molar-refractivity contribution in [3.8, 4) is 0 Å². The molecule has 0 aliphatic heterocycles. The second-order valence-electron chi connectivity index (χ2n) is 10.9. The van der Waals surface area contributed by atoms with Gasteiger partial charge in [-0.2, -0.15) is 0 Å². The first-order valence-corrected chi connectivity index (χ1v) is 11.8. The lowest BCUT2D eigenvalue weighted by atomic mass is 9.45. The van der Waals surface area contributed by atoms with Crippen LogP contribution in [0.1, 0.15) is 65.2 Å². The van der Waals surface area contributed by atoms with Gasteiger partial charge in [0, 0.05) is 30.7 Å². The number of Topliss-reactive ketones (excluding diaryl/α,β-unsaturated/α-hetero) is 2. The van der Waals surface area contributed by atoms with Crippen molar-refractivity contribution < 1.29 is 14.4 Å². The number of carbonyl (C=O) groups excluding carboxylic acids is 2. The first-order chi connectivity index (χ1) is 14.3. The van der Waals surface area contributed by atoms with Crippen LogP contribution in [0.25, 0.3) is 0 Å². The van der Waals surface area contributed by atoms with E-state index in [0.717, 1.165) is 51.5 Å². The molecule has 5 nitrogen and oxygen atoms in total. The van der Waals surface area contributed by atoms with Crippen LogP contribution in [0.4, 0.5) is 0 Å². The van der Waals surface area contributed by atoms with E-state index < -0.39 is 0 Å². The average molecular weight is 415 g/mol. The van der Waals surface area contributed by atoms with Gasteiger partial charge in [-0.1, -0.05) is 24.6 Å². The molecule has 0 spiro atoms. The summed E-state index contributed by atoms with van der Waals surface area (Å²) in [6.45, 7) is 5.99. The highest BCUT2D eigenvalue weighted by Crippen LogP contribution is 2.65. The number of allylic oxidation sites excluding steroid dienone is 2. The van der Waals surface area contributed by atoms with Crippen LogP contribution in [0, 0.1) is 34.5 Å². The molecule has 0 unspecified atom stereocenters. The van der Waals surface area contributed by atoms with Gasteiger partial charge in [0.15, 0.2) is 0 Å². The van der Waals surface area contributed by atoms with E-state index >= 15 is 0 Å². The van der Waals surface area contributed by atoms with Gasteiger partial charge in [0.05, 0.1) is 6.21 Å². The van der Waals surface area contributed by atoms with Crippen LogP contribution in [-0.2, 0) is 14.4 Å². The third-order valence-corrected chi connectivity index (χ3v) is 9.14. The lowest BCUT2D eigenvalue weighted by Crippen LogP contribution is -2.56. The molecule has 4 fully saturated rings. The third-order valence-electron chi connectivity index (χ3n) is 9.14. The van der Waals surface area contributed by atoms with Gasteiger partial charge in [0.25, 0.3) is 0 Å². The minimum absolute atomic E-state index is 0.0870. The quantitative estimate of drug-likeness (QED) is 0.383. The molecule has 166 valence electrons. The number of likely N-dealkylation sites (N-methyl/N-ethyl adjacent to an activating group) is 1. The van der Waals surface area contributed by atoms with Gasteiger partial charge >= 0.3 is 0 Å². The van der Waals surface area contributed by atoms with Crippen LogP contribution in [-0.4, -0.2) is 49.9 Å². The van der Waals surface area contributed by atoms with Crippen LogP contribution in [0.15, 0.2) is 16.8 Å². The molecule has 0 heterocycles. The Balaban J connectivity index is 1.44. The maximum atomic E-state index is 13.3. The van der Waals surface area contributed by atoms with Crippen LogP contribution in [0.3, 0.4) is 0 Å². The maximum Gasteiger partial charge on any atom is 0.139 e. The van der Waals surface area contributed by atoms with Crippen molar-refractivity contribution in [2.45, 2.75) is 65.2 Å². The lowest BCUT2D eigenvalue weighted by Gasteiger charge is -2.58. The van der Waals surface area contributed by atoms with E-state index in [1.807, 2.05) is 14.1 Å². The van der Waals surface area contributed by atoms with Crippen LogP contribution in [0.2, 0.25) is 0 Å². The molecule has 4 rings (SSSR count). The molecule has 0 aromatic carbocycles. The van der Waals surface area contributed by atoms with Crippen molar-refractivity contribution >= 4 is 17.8 Å². The molecule has 0 aromatic heterocycles. The Bertz CT molecular complexity index is 757. The fourth-order valence-corrected chi connectivity index (χ4v) is 7.27. The predicted octanol–water partition coefficient (Wildman–Crippen LogP) is 4.27. The van der Waals surface area contributed by atoms with Gasteiger partial charge in [-0.25, -0.2) is 0 Å². The summed E-state index contributed by atoms with van der Waals surface area (Å²) in [4.78, 5) is 33.2. The highest BCUT2D eigenvalue weighted by Gasteiger charge is 2.61. The van der Waals surface area contributed by atoms with Gasteiger partial charge in [-0.3, -0.25) is 9.59 Å². The molecule has 0 amide bonds. The molecule has 0 saturated heterocycles. The summed E-state index contributed by atoms with van der Waals surface area (Å²) in [5, 5.41) is 4.05. The number of ketones is 2. The van der Waals surface area contributed by atoms with Crippen molar-refractivity contribution in [3.05, 3.63) is 11.6 Å². The van der Waals surface area contributed by atoms with Gasteiger partial charge in [0.1, 0.15) is 18.2 Å². The highest BCUT2D eigenvalue weighted by atomic mass is 16.6. The Morgan fingerprint density at radius 3 is 2.67 bits per heavy atom. The van der Waals surface area contributed by atoms with Crippen molar-refractivity contribution in [3.63, 3.8) is 0 Å². The van der Waals surface area contributed by atoms with Crippen molar-refractivity contribution in [2.75, 3.05) is 27.2 Å². The Kier molecular flexibility index (Phi) is 5.95. The highest BCUT2D eigenvalue weighted by molar-refractivity contribution is 5.88. The summed E-state index contributed by atoms with van der Waals surface area (Å²) < 4.78 is 0. The minimum Gasteiger partial charge on any atom is -0.394 e. The summed E-state index contributed by atoms with van der Waals surface area (Å²) in [5.74, 6) is 2.45. The first-order valence-electron chi connectivity index (χ1n) is 11.8. The fourth-order valence-electron chi connectivity index (χ4n) is 7.27.